The lowest BCUT2D eigenvalue weighted by atomic mass is 9.89. The summed E-state index contributed by atoms with van der Waals surface area (Å²) in [6.07, 6.45) is 2.73. The maximum Gasteiger partial charge on any atom is 0.230 e. The Morgan fingerprint density at radius 2 is 2.04 bits per heavy atom. The van der Waals surface area contributed by atoms with Crippen molar-refractivity contribution in [2.45, 2.75) is 38.3 Å². The number of nitrogens with zero attached hydrogens (tertiary/aromatic N) is 2. The average molecular weight is 404 g/mol. The fourth-order valence-corrected chi connectivity index (χ4v) is 3.61. The number of aromatic hydroxyl groups is 1. The normalized spacial score (nSPS) is 17.5. The molecule has 0 fully saturated rings. The first kappa shape index (κ1) is 20.3. The Bertz CT molecular complexity index is 997. The highest BCUT2D eigenvalue weighted by molar-refractivity contribution is 5.85. The zero-order chi connectivity index (χ0) is 19.0. The number of halogens is 2. The second-order valence-electron chi connectivity index (χ2n) is 7.52. The Morgan fingerprint density at radius 3 is 2.82 bits per heavy atom. The van der Waals surface area contributed by atoms with E-state index in [0.717, 1.165) is 17.7 Å². The topological polar surface area (TPSA) is 67.3 Å². The summed E-state index contributed by atoms with van der Waals surface area (Å²) >= 11 is 0. The van der Waals surface area contributed by atoms with E-state index in [1.54, 1.807) is 6.07 Å². The molecule has 1 aliphatic rings. The maximum absolute atomic E-state index is 13.8. The van der Waals surface area contributed by atoms with Crippen LogP contribution in [0.25, 0.3) is 11.0 Å². The highest BCUT2D eigenvalue weighted by atomic mass is 35.5. The molecule has 3 aromatic rings. The highest BCUT2D eigenvalue weighted by Crippen LogP contribution is 2.41. The van der Waals surface area contributed by atoms with Gasteiger partial charge in [-0.05, 0) is 44.5 Å². The summed E-state index contributed by atoms with van der Waals surface area (Å²) in [6.45, 7) is 4.74. The third kappa shape index (κ3) is 4.18. The fraction of sp³-hybridized carbons (Fsp3) is 0.333. The number of aromatic nitrogens is 2. The van der Waals surface area contributed by atoms with E-state index in [2.05, 4.69) is 15.3 Å². The van der Waals surface area contributed by atoms with Crippen molar-refractivity contribution < 1.29 is 14.2 Å². The largest absolute Gasteiger partial charge is 0.492 e. The second kappa shape index (κ2) is 7.89. The number of hydrogen-bond acceptors (Lipinski definition) is 5. The Balaban J connectivity index is 0.00000225. The Morgan fingerprint density at radius 1 is 1.25 bits per heavy atom. The first-order valence-corrected chi connectivity index (χ1v) is 9.07. The number of hydrogen-bond donors (Lipinski definition) is 2. The molecule has 0 radical (unpaired) electrons. The molecule has 7 heteroatoms. The molecule has 5 nitrogen and oxygen atoms in total. The van der Waals surface area contributed by atoms with Crippen LogP contribution in [0.2, 0.25) is 0 Å². The van der Waals surface area contributed by atoms with E-state index in [-0.39, 0.29) is 35.7 Å². The second-order valence-corrected chi connectivity index (χ2v) is 7.52. The van der Waals surface area contributed by atoms with Gasteiger partial charge >= 0.3 is 0 Å². The molecule has 0 saturated heterocycles. The number of benzene rings is 2. The van der Waals surface area contributed by atoms with Crippen molar-refractivity contribution in [3.63, 3.8) is 0 Å². The summed E-state index contributed by atoms with van der Waals surface area (Å²) in [5, 5.41) is 13.1. The van der Waals surface area contributed by atoms with Gasteiger partial charge in [-0.25, -0.2) is 14.4 Å². The number of rotatable bonds is 4. The molecule has 4 rings (SSSR count). The summed E-state index contributed by atoms with van der Waals surface area (Å²) in [6, 6.07) is 10.7. The van der Waals surface area contributed by atoms with Crippen LogP contribution in [0.15, 0.2) is 42.6 Å². The summed E-state index contributed by atoms with van der Waals surface area (Å²) in [5.74, 6) is 0.451. The minimum atomic E-state index is -0.347. The van der Waals surface area contributed by atoms with E-state index in [4.69, 9.17) is 4.74 Å². The van der Waals surface area contributed by atoms with E-state index in [1.807, 2.05) is 38.1 Å². The van der Waals surface area contributed by atoms with E-state index in [9.17, 15) is 9.50 Å². The first-order valence-electron chi connectivity index (χ1n) is 9.07. The molecule has 0 saturated carbocycles. The molecule has 0 amide bonds. The van der Waals surface area contributed by atoms with Crippen molar-refractivity contribution in [2.75, 3.05) is 6.54 Å². The van der Waals surface area contributed by atoms with Crippen molar-refractivity contribution in [3.05, 3.63) is 59.5 Å². The van der Waals surface area contributed by atoms with Crippen LogP contribution in [0, 0.1) is 5.82 Å². The summed E-state index contributed by atoms with van der Waals surface area (Å²) in [4.78, 5) is 8.37. The molecule has 2 N–H and O–H groups in total. The standard InChI is InChI=1S/C21H22FN3O2.ClH/c1-21(2)11-18(23-8-7-13-5-3-4-6-15(13)22)14-9-16-17(10-19(14)27-21)25-20(26)12-24-16;/h3-6,9-10,12,18,23H,7-8,11H2,1-2H3,(H,25,26);1H. The number of fused-ring (bicyclic) bond motifs is 2. The van der Waals surface area contributed by atoms with Crippen LogP contribution in [-0.4, -0.2) is 27.2 Å². The van der Waals surface area contributed by atoms with Gasteiger partial charge in [-0.2, -0.15) is 0 Å². The van der Waals surface area contributed by atoms with E-state index in [1.165, 1.54) is 12.3 Å². The molecule has 0 bridgehead atoms. The van der Waals surface area contributed by atoms with Crippen LogP contribution < -0.4 is 10.1 Å². The van der Waals surface area contributed by atoms with Crippen LogP contribution in [0.5, 0.6) is 11.6 Å². The van der Waals surface area contributed by atoms with Gasteiger partial charge in [0.15, 0.2) is 0 Å². The van der Waals surface area contributed by atoms with Gasteiger partial charge in [-0.3, -0.25) is 0 Å². The lowest BCUT2D eigenvalue weighted by Crippen LogP contribution is -2.40. The SMILES string of the molecule is CC1(C)CC(NCCc2ccccc2F)c2cc3ncc(O)nc3cc2O1.Cl. The molecule has 148 valence electrons. The molecule has 2 aromatic carbocycles. The Hall–Kier alpha value is -2.44. The van der Waals surface area contributed by atoms with E-state index >= 15 is 0 Å². The van der Waals surface area contributed by atoms with Crippen molar-refractivity contribution in [2.24, 2.45) is 0 Å². The van der Waals surface area contributed by atoms with Gasteiger partial charge in [0.2, 0.25) is 5.88 Å². The summed E-state index contributed by atoms with van der Waals surface area (Å²) in [7, 11) is 0. The predicted molar refractivity (Wildman–Crippen MR) is 109 cm³/mol. The van der Waals surface area contributed by atoms with Crippen LogP contribution >= 0.6 is 12.4 Å². The molecule has 2 heterocycles. The predicted octanol–water partition coefficient (Wildman–Crippen LogP) is 4.33. The van der Waals surface area contributed by atoms with Crippen molar-refractivity contribution in [3.8, 4) is 11.6 Å². The van der Waals surface area contributed by atoms with Crippen molar-refractivity contribution in [1.82, 2.24) is 15.3 Å². The van der Waals surface area contributed by atoms with Crippen LogP contribution in [-0.2, 0) is 6.42 Å². The summed E-state index contributed by atoms with van der Waals surface area (Å²) < 4.78 is 20.0. The monoisotopic (exact) mass is 403 g/mol. The fourth-order valence-electron chi connectivity index (χ4n) is 3.61. The molecule has 1 aliphatic heterocycles. The van der Waals surface area contributed by atoms with Crippen LogP contribution in [0.4, 0.5) is 4.39 Å². The Kier molecular flexibility index (Phi) is 5.72. The van der Waals surface area contributed by atoms with Crippen molar-refractivity contribution >= 4 is 23.4 Å². The lowest BCUT2D eigenvalue weighted by molar-refractivity contribution is 0.0664. The van der Waals surface area contributed by atoms with E-state index < -0.39 is 0 Å². The quantitative estimate of drug-likeness (QED) is 0.678. The first-order chi connectivity index (χ1) is 12.9. The molecule has 1 unspecified atom stereocenters. The van der Waals surface area contributed by atoms with Gasteiger partial charge in [-0.15, -0.1) is 12.4 Å². The minimum absolute atomic E-state index is 0. The van der Waals surface area contributed by atoms with Gasteiger partial charge in [0, 0.05) is 24.1 Å². The van der Waals surface area contributed by atoms with Crippen LogP contribution in [0.1, 0.15) is 37.4 Å². The van der Waals surface area contributed by atoms with Gasteiger partial charge in [0.05, 0.1) is 17.2 Å². The molecular formula is C21H23ClFN3O2. The minimum Gasteiger partial charge on any atom is -0.492 e. The molecule has 28 heavy (non-hydrogen) atoms. The number of ether oxygens (including phenoxy) is 1. The highest BCUT2D eigenvalue weighted by Gasteiger charge is 2.34. The average Bonchev–Trinajstić information content (AvgIpc) is 2.61. The van der Waals surface area contributed by atoms with Gasteiger partial charge in [0.25, 0.3) is 0 Å². The van der Waals surface area contributed by atoms with Gasteiger partial charge in [-0.1, -0.05) is 18.2 Å². The van der Waals surface area contributed by atoms with Gasteiger partial charge in [0.1, 0.15) is 17.2 Å². The van der Waals surface area contributed by atoms with E-state index in [0.29, 0.717) is 29.6 Å². The molecule has 1 aromatic heterocycles. The smallest absolute Gasteiger partial charge is 0.230 e. The van der Waals surface area contributed by atoms with Crippen molar-refractivity contribution in [1.29, 1.82) is 0 Å². The molecule has 0 aliphatic carbocycles. The van der Waals surface area contributed by atoms with Crippen LogP contribution in [0.3, 0.4) is 0 Å². The zero-order valence-electron chi connectivity index (χ0n) is 15.8. The number of nitrogens with one attached hydrogen (secondary N) is 1. The van der Waals surface area contributed by atoms with Gasteiger partial charge < -0.3 is 15.2 Å². The zero-order valence-corrected chi connectivity index (χ0v) is 16.6. The molecule has 1 atom stereocenters. The summed E-state index contributed by atoms with van der Waals surface area (Å²) in [5.41, 5.74) is 2.67. The maximum atomic E-state index is 13.8. The molecular weight excluding hydrogens is 381 g/mol. The third-order valence-electron chi connectivity index (χ3n) is 4.86. The lowest BCUT2D eigenvalue weighted by Gasteiger charge is -2.38. The Labute approximate surface area is 169 Å². The molecule has 0 spiro atoms. The third-order valence-corrected chi connectivity index (χ3v) is 4.86.